The molecule has 0 fully saturated rings. The van der Waals surface area contributed by atoms with Crippen molar-refractivity contribution in [3.63, 3.8) is 0 Å². The minimum Gasteiger partial charge on any atom is -0.497 e. The van der Waals surface area contributed by atoms with Crippen molar-refractivity contribution in [2.24, 2.45) is 0 Å². The average Bonchev–Trinajstić information content (AvgIpc) is 3.24. The van der Waals surface area contributed by atoms with Crippen LogP contribution in [-0.4, -0.2) is 44.5 Å². The van der Waals surface area contributed by atoms with Crippen LogP contribution in [-0.2, 0) is 17.7 Å². The van der Waals surface area contributed by atoms with Crippen molar-refractivity contribution in [1.29, 1.82) is 0 Å². The molecule has 0 saturated heterocycles. The topological polar surface area (TPSA) is 99.4 Å². The van der Waals surface area contributed by atoms with Crippen molar-refractivity contribution < 1.29 is 19.1 Å². The van der Waals surface area contributed by atoms with Gasteiger partial charge < -0.3 is 14.0 Å². The molecule has 3 heterocycles. The van der Waals surface area contributed by atoms with Gasteiger partial charge in [-0.2, -0.15) is 4.90 Å². The summed E-state index contributed by atoms with van der Waals surface area (Å²) in [4.78, 5) is 32.6. The van der Waals surface area contributed by atoms with Gasteiger partial charge in [0.2, 0.25) is 0 Å². The molecule has 33 heavy (non-hydrogen) atoms. The number of imide groups is 1. The van der Waals surface area contributed by atoms with Crippen LogP contribution in [0.5, 0.6) is 5.75 Å². The van der Waals surface area contributed by atoms with Crippen molar-refractivity contribution in [3.05, 3.63) is 66.0 Å². The van der Waals surface area contributed by atoms with Crippen molar-refractivity contribution in [2.45, 2.75) is 39.3 Å². The highest BCUT2D eigenvalue weighted by Gasteiger charge is 2.32. The van der Waals surface area contributed by atoms with Crippen molar-refractivity contribution in [1.82, 2.24) is 19.7 Å². The fraction of sp³-hybridized carbons (Fsp3) is 0.292. The fourth-order valence-electron chi connectivity index (χ4n) is 3.43. The second-order valence-electron chi connectivity index (χ2n) is 8.51. The molecule has 2 amide bonds. The van der Waals surface area contributed by atoms with Crippen LogP contribution in [0.1, 0.15) is 36.7 Å². The van der Waals surface area contributed by atoms with Gasteiger partial charge in [0, 0.05) is 12.1 Å². The lowest BCUT2D eigenvalue weighted by atomic mass is 10.0. The molecule has 0 aliphatic carbocycles. The Balaban J connectivity index is 1.92. The number of allylic oxidation sites excluding steroid dienone is 2. The molecule has 0 N–H and O–H groups in total. The number of anilines is 1. The Bertz CT molecular complexity index is 1230. The van der Waals surface area contributed by atoms with Gasteiger partial charge in [-0.3, -0.25) is 4.79 Å². The first kappa shape index (κ1) is 22.2. The van der Waals surface area contributed by atoms with Crippen LogP contribution < -0.4 is 9.64 Å². The molecule has 9 heteroatoms. The molecule has 170 valence electrons. The maximum Gasteiger partial charge on any atom is 0.423 e. The molecule has 2 bridgehead atoms. The van der Waals surface area contributed by atoms with Gasteiger partial charge in [0.1, 0.15) is 29.2 Å². The quantitative estimate of drug-likeness (QED) is 0.519. The zero-order valence-corrected chi connectivity index (χ0v) is 19.0. The van der Waals surface area contributed by atoms with Gasteiger partial charge in [-0.25, -0.2) is 9.78 Å². The maximum absolute atomic E-state index is 13.8. The summed E-state index contributed by atoms with van der Waals surface area (Å²) in [5.74, 6) is 0.600. The number of hydrogen-bond acceptors (Lipinski definition) is 7. The van der Waals surface area contributed by atoms with E-state index in [1.54, 1.807) is 57.4 Å². The van der Waals surface area contributed by atoms with Gasteiger partial charge in [0.15, 0.2) is 5.82 Å². The fourth-order valence-corrected chi connectivity index (χ4v) is 3.43. The average molecular weight is 447 g/mol. The van der Waals surface area contributed by atoms with E-state index in [2.05, 4.69) is 15.2 Å². The predicted molar refractivity (Wildman–Crippen MR) is 122 cm³/mol. The van der Waals surface area contributed by atoms with E-state index in [0.717, 1.165) is 10.5 Å². The molecule has 0 atom stereocenters. The summed E-state index contributed by atoms with van der Waals surface area (Å²) < 4.78 is 12.7. The third-order valence-electron chi connectivity index (χ3n) is 4.94. The molecular formula is C24H25N5O4. The summed E-state index contributed by atoms with van der Waals surface area (Å²) in [6.07, 6.45) is 5.21. The number of fused-ring (bicyclic) bond motifs is 5. The lowest BCUT2D eigenvalue weighted by Crippen LogP contribution is -2.42. The normalized spacial score (nSPS) is 14.8. The molecule has 1 aliphatic rings. The monoisotopic (exact) mass is 447 g/mol. The van der Waals surface area contributed by atoms with E-state index in [9.17, 15) is 9.59 Å². The van der Waals surface area contributed by atoms with Crippen molar-refractivity contribution >= 4 is 17.8 Å². The maximum atomic E-state index is 13.8. The molecule has 1 aliphatic heterocycles. The van der Waals surface area contributed by atoms with Crippen LogP contribution in [0.15, 0.2) is 54.9 Å². The lowest BCUT2D eigenvalue weighted by molar-refractivity contribution is 0.0563. The highest BCUT2D eigenvalue weighted by Crippen LogP contribution is 2.26. The standard InChI is InChI=1S/C24H25N5O4/c1-24(2,3)33-23(31)29-20-10-7-9-19(26-20)21-27-25-15-28(21)13-6-5-8-16-11-12-17(32-4)14-18(16)22(29)30/h5-7,9-12,14-15H,8,13H2,1-4H3/b6-5+. The molecule has 0 unspecified atom stereocenters. The Kier molecular flexibility index (Phi) is 5.95. The van der Waals surface area contributed by atoms with Crippen LogP contribution in [0.3, 0.4) is 0 Å². The second kappa shape index (κ2) is 8.85. The number of amides is 2. The minimum absolute atomic E-state index is 0.127. The van der Waals surface area contributed by atoms with Crippen LogP contribution in [0.25, 0.3) is 11.5 Å². The van der Waals surface area contributed by atoms with E-state index in [4.69, 9.17) is 9.47 Å². The molecule has 2 aromatic heterocycles. The van der Waals surface area contributed by atoms with E-state index in [-0.39, 0.29) is 5.82 Å². The summed E-state index contributed by atoms with van der Waals surface area (Å²) in [5.41, 5.74) is 0.738. The Labute approximate surface area is 191 Å². The molecule has 1 aromatic carbocycles. The van der Waals surface area contributed by atoms with Gasteiger partial charge in [0.25, 0.3) is 5.91 Å². The number of ether oxygens (including phenoxy) is 2. The number of carbonyl (C=O) groups is 2. The molecule has 0 saturated carbocycles. The number of carbonyl (C=O) groups excluding carboxylic acids is 2. The number of methoxy groups -OCH3 is 1. The Morgan fingerprint density at radius 3 is 2.70 bits per heavy atom. The highest BCUT2D eigenvalue weighted by atomic mass is 16.6. The van der Waals surface area contributed by atoms with Gasteiger partial charge >= 0.3 is 6.09 Å². The number of aromatic nitrogens is 4. The first-order valence-electron chi connectivity index (χ1n) is 10.5. The van der Waals surface area contributed by atoms with E-state index < -0.39 is 17.6 Å². The molecule has 0 radical (unpaired) electrons. The van der Waals surface area contributed by atoms with Gasteiger partial charge in [-0.05, 0) is 57.0 Å². The number of hydrogen-bond donors (Lipinski definition) is 0. The minimum atomic E-state index is -0.821. The Hall–Kier alpha value is -4.01. The molecule has 9 nitrogen and oxygen atoms in total. The summed E-state index contributed by atoms with van der Waals surface area (Å²) in [6.45, 7) is 5.75. The Morgan fingerprint density at radius 2 is 1.94 bits per heavy atom. The number of pyridine rings is 1. The zero-order chi connectivity index (χ0) is 23.6. The summed E-state index contributed by atoms with van der Waals surface area (Å²) in [6, 6.07) is 10.3. The van der Waals surface area contributed by atoms with Crippen LogP contribution in [0.2, 0.25) is 0 Å². The van der Waals surface area contributed by atoms with Crippen LogP contribution in [0, 0.1) is 0 Å². The summed E-state index contributed by atoms with van der Waals surface area (Å²) in [5, 5.41) is 8.17. The third kappa shape index (κ3) is 4.77. The third-order valence-corrected chi connectivity index (χ3v) is 4.94. The highest BCUT2D eigenvalue weighted by molar-refractivity contribution is 6.19. The summed E-state index contributed by atoms with van der Waals surface area (Å²) in [7, 11) is 1.53. The van der Waals surface area contributed by atoms with E-state index in [1.807, 2.05) is 22.8 Å². The van der Waals surface area contributed by atoms with Gasteiger partial charge in [-0.1, -0.05) is 24.3 Å². The lowest BCUT2D eigenvalue weighted by Gasteiger charge is -2.26. The SMILES string of the molecule is COc1ccc2c(c1)C(=O)N(C(=O)OC(C)(C)C)c1cccc(n1)-c1nncn1C/C=C/C2. The summed E-state index contributed by atoms with van der Waals surface area (Å²) >= 11 is 0. The van der Waals surface area contributed by atoms with E-state index >= 15 is 0 Å². The van der Waals surface area contributed by atoms with Gasteiger partial charge in [0.05, 0.1) is 7.11 Å². The first-order chi connectivity index (χ1) is 15.8. The van der Waals surface area contributed by atoms with Crippen LogP contribution in [0.4, 0.5) is 10.6 Å². The molecule has 3 aromatic rings. The molecule has 0 spiro atoms. The van der Waals surface area contributed by atoms with E-state index in [1.165, 1.54) is 7.11 Å². The number of benzene rings is 1. The molecular weight excluding hydrogens is 422 g/mol. The molecule has 4 rings (SSSR count). The van der Waals surface area contributed by atoms with Gasteiger partial charge in [-0.15, -0.1) is 10.2 Å². The van der Waals surface area contributed by atoms with E-state index in [0.29, 0.717) is 35.8 Å². The van der Waals surface area contributed by atoms with Crippen LogP contribution >= 0.6 is 0 Å². The largest absolute Gasteiger partial charge is 0.497 e. The van der Waals surface area contributed by atoms with Crippen molar-refractivity contribution in [3.8, 4) is 17.3 Å². The Morgan fingerprint density at radius 1 is 1.12 bits per heavy atom. The number of rotatable bonds is 1. The number of nitrogens with zero attached hydrogens (tertiary/aromatic N) is 5. The predicted octanol–water partition coefficient (Wildman–Crippen LogP) is 4.04. The second-order valence-corrected chi connectivity index (χ2v) is 8.51. The first-order valence-corrected chi connectivity index (χ1v) is 10.5. The zero-order valence-electron chi connectivity index (χ0n) is 19.0. The smallest absolute Gasteiger partial charge is 0.423 e. The van der Waals surface area contributed by atoms with Crippen molar-refractivity contribution in [2.75, 3.05) is 12.0 Å².